The van der Waals surface area contributed by atoms with Crippen LogP contribution in [0.3, 0.4) is 0 Å². The molecule has 1 N–H and O–H groups in total. The van der Waals surface area contributed by atoms with Gasteiger partial charge in [-0.3, -0.25) is 4.79 Å². The molecule has 1 saturated heterocycles. The molecular weight excluding hydrogens is 190 g/mol. The maximum atomic E-state index is 10.9. The highest BCUT2D eigenvalue weighted by Crippen LogP contribution is 2.14. The molecule has 0 radical (unpaired) electrons. The van der Waals surface area contributed by atoms with Gasteiger partial charge in [0.1, 0.15) is 5.75 Å². The molecule has 0 aromatic heterocycles. The van der Waals surface area contributed by atoms with Crippen LogP contribution in [0.1, 0.15) is 12.8 Å². The van der Waals surface area contributed by atoms with Gasteiger partial charge in [0.2, 0.25) is 5.91 Å². The van der Waals surface area contributed by atoms with Crippen molar-refractivity contribution in [1.29, 1.82) is 0 Å². The van der Waals surface area contributed by atoms with E-state index in [1.807, 2.05) is 30.3 Å². The monoisotopic (exact) mass is 205 g/mol. The largest absolute Gasteiger partial charge is 0.493 e. The van der Waals surface area contributed by atoms with E-state index in [1.165, 1.54) is 0 Å². The summed E-state index contributed by atoms with van der Waals surface area (Å²) < 4.78 is 5.63. The van der Waals surface area contributed by atoms with Crippen LogP contribution in [0, 0.1) is 5.92 Å². The highest BCUT2D eigenvalue weighted by Gasteiger charge is 2.18. The predicted molar refractivity (Wildman–Crippen MR) is 57.7 cm³/mol. The maximum Gasteiger partial charge on any atom is 0.220 e. The van der Waals surface area contributed by atoms with Crippen LogP contribution in [0.4, 0.5) is 0 Å². The van der Waals surface area contributed by atoms with Gasteiger partial charge in [-0.25, -0.2) is 0 Å². The fraction of sp³-hybridized carbons (Fsp3) is 0.417. The first kappa shape index (κ1) is 10.0. The molecule has 3 heteroatoms. The summed E-state index contributed by atoms with van der Waals surface area (Å²) in [6.07, 6.45) is 1.56. The van der Waals surface area contributed by atoms with E-state index in [4.69, 9.17) is 4.74 Å². The van der Waals surface area contributed by atoms with E-state index in [1.54, 1.807) is 0 Å². The highest BCUT2D eigenvalue weighted by molar-refractivity contribution is 5.76. The van der Waals surface area contributed by atoms with Gasteiger partial charge in [-0.05, 0) is 18.6 Å². The Kier molecular flexibility index (Phi) is 3.22. The van der Waals surface area contributed by atoms with E-state index in [2.05, 4.69) is 5.32 Å². The second kappa shape index (κ2) is 4.82. The van der Waals surface area contributed by atoms with Crippen molar-refractivity contribution < 1.29 is 9.53 Å². The number of rotatable bonds is 3. The number of hydrogen-bond acceptors (Lipinski definition) is 2. The second-order valence-electron chi connectivity index (χ2n) is 3.83. The zero-order valence-corrected chi connectivity index (χ0v) is 8.61. The first-order valence-electron chi connectivity index (χ1n) is 5.29. The van der Waals surface area contributed by atoms with Crippen molar-refractivity contribution >= 4 is 5.91 Å². The van der Waals surface area contributed by atoms with Gasteiger partial charge in [0, 0.05) is 18.9 Å². The molecule has 2 rings (SSSR count). The Morgan fingerprint density at radius 1 is 1.33 bits per heavy atom. The Balaban J connectivity index is 1.77. The van der Waals surface area contributed by atoms with Crippen LogP contribution in [0.25, 0.3) is 0 Å². The van der Waals surface area contributed by atoms with Gasteiger partial charge in [0.25, 0.3) is 0 Å². The highest BCUT2D eigenvalue weighted by atomic mass is 16.5. The van der Waals surface area contributed by atoms with Crippen molar-refractivity contribution in [3.8, 4) is 5.75 Å². The Bertz CT molecular complexity index is 314. The number of piperidine rings is 1. The lowest BCUT2D eigenvalue weighted by atomic mass is 10.0. The molecule has 1 atom stereocenters. The molecule has 80 valence electrons. The van der Waals surface area contributed by atoms with Crippen molar-refractivity contribution in [1.82, 2.24) is 5.32 Å². The van der Waals surface area contributed by atoms with Crippen molar-refractivity contribution in [3.05, 3.63) is 30.3 Å². The van der Waals surface area contributed by atoms with Crippen LogP contribution in [-0.4, -0.2) is 19.1 Å². The molecule has 1 amide bonds. The Hall–Kier alpha value is -1.51. The third-order valence-corrected chi connectivity index (χ3v) is 2.60. The average Bonchev–Trinajstić information content (AvgIpc) is 2.30. The van der Waals surface area contributed by atoms with E-state index in [9.17, 15) is 4.79 Å². The Labute approximate surface area is 89.4 Å². The third-order valence-electron chi connectivity index (χ3n) is 2.60. The number of carbonyl (C=O) groups excluding carboxylic acids is 1. The molecule has 1 unspecified atom stereocenters. The van der Waals surface area contributed by atoms with Gasteiger partial charge in [-0.15, -0.1) is 0 Å². The quantitative estimate of drug-likeness (QED) is 0.813. The minimum atomic E-state index is 0.158. The molecule has 0 spiro atoms. The maximum absolute atomic E-state index is 10.9. The number of para-hydroxylation sites is 1. The lowest BCUT2D eigenvalue weighted by molar-refractivity contribution is -0.123. The molecule has 1 aliphatic heterocycles. The van der Waals surface area contributed by atoms with Gasteiger partial charge < -0.3 is 10.1 Å². The van der Waals surface area contributed by atoms with Crippen LogP contribution >= 0.6 is 0 Å². The topological polar surface area (TPSA) is 38.3 Å². The molecule has 0 saturated carbocycles. The predicted octanol–water partition coefficient (Wildman–Crippen LogP) is 1.59. The number of ether oxygens (including phenoxy) is 1. The Morgan fingerprint density at radius 2 is 2.13 bits per heavy atom. The van der Waals surface area contributed by atoms with E-state index in [0.717, 1.165) is 18.7 Å². The van der Waals surface area contributed by atoms with Crippen molar-refractivity contribution in [3.63, 3.8) is 0 Å². The molecule has 3 nitrogen and oxygen atoms in total. The van der Waals surface area contributed by atoms with Gasteiger partial charge in [0.15, 0.2) is 0 Å². The number of amides is 1. The van der Waals surface area contributed by atoms with E-state index in [-0.39, 0.29) is 5.91 Å². The van der Waals surface area contributed by atoms with Crippen molar-refractivity contribution in [2.24, 2.45) is 5.92 Å². The first-order chi connectivity index (χ1) is 7.34. The Morgan fingerprint density at radius 3 is 2.80 bits per heavy atom. The zero-order chi connectivity index (χ0) is 10.5. The summed E-state index contributed by atoms with van der Waals surface area (Å²) in [6.45, 7) is 1.43. The summed E-state index contributed by atoms with van der Waals surface area (Å²) in [5, 5.41) is 2.85. The standard InChI is InChI=1S/C12H15NO2/c14-12-7-6-10(8-13-12)9-15-11-4-2-1-3-5-11/h1-5,10H,6-9H2,(H,13,14). The van der Waals surface area contributed by atoms with Gasteiger partial charge in [-0.2, -0.15) is 0 Å². The molecule has 15 heavy (non-hydrogen) atoms. The molecule has 1 aromatic rings. The van der Waals surface area contributed by atoms with Gasteiger partial charge in [-0.1, -0.05) is 18.2 Å². The van der Waals surface area contributed by atoms with Gasteiger partial charge >= 0.3 is 0 Å². The summed E-state index contributed by atoms with van der Waals surface area (Å²) >= 11 is 0. The van der Waals surface area contributed by atoms with Crippen LogP contribution in [0.5, 0.6) is 5.75 Å². The summed E-state index contributed by atoms with van der Waals surface area (Å²) in [7, 11) is 0. The first-order valence-corrected chi connectivity index (χ1v) is 5.29. The molecule has 1 fully saturated rings. The number of nitrogens with one attached hydrogen (secondary N) is 1. The summed E-state index contributed by atoms with van der Waals surface area (Å²) in [4.78, 5) is 10.9. The fourth-order valence-corrected chi connectivity index (χ4v) is 1.66. The lowest BCUT2D eigenvalue weighted by Crippen LogP contribution is -2.37. The molecule has 0 bridgehead atoms. The van der Waals surface area contributed by atoms with E-state index in [0.29, 0.717) is 18.9 Å². The van der Waals surface area contributed by atoms with E-state index >= 15 is 0 Å². The van der Waals surface area contributed by atoms with Crippen LogP contribution in [0.15, 0.2) is 30.3 Å². The molecule has 0 aliphatic carbocycles. The smallest absolute Gasteiger partial charge is 0.220 e. The average molecular weight is 205 g/mol. The van der Waals surface area contributed by atoms with E-state index < -0.39 is 0 Å². The fourth-order valence-electron chi connectivity index (χ4n) is 1.66. The van der Waals surface area contributed by atoms with Crippen LogP contribution < -0.4 is 10.1 Å². The number of benzene rings is 1. The third kappa shape index (κ3) is 2.98. The zero-order valence-electron chi connectivity index (χ0n) is 8.61. The normalized spacial score (nSPS) is 20.8. The molecular formula is C12H15NO2. The van der Waals surface area contributed by atoms with Crippen LogP contribution in [-0.2, 0) is 4.79 Å². The summed E-state index contributed by atoms with van der Waals surface area (Å²) in [5.41, 5.74) is 0. The molecule has 1 aromatic carbocycles. The summed E-state index contributed by atoms with van der Waals surface area (Å²) in [6, 6.07) is 9.77. The lowest BCUT2D eigenvalue weighted by Gasteiger charge is -2.22. The second-order valence-corrected chi connectivity index (χ2v) is 3.83. The minimum absolute atomic E-state index is 0.158. The number of carbonyl (C=O) groups is 1. The van der Waals surface area contributed by atoms with Crippen LogP contribution in [0.2, 0.25) is 0 Å². The number of hydrogen-bond donors (Lipinski definition) is 1. The van der Waals surface area contributed by atoms with Crippen molar-refractivity contribution in [2.75, 3.05) is 13.2 Å². The molecule has 1 heterocycles. The summed E-state index contributed by atoms with van der Waals surface area (Å²) in [5.74, 6) is 1.50. The molecule has 1 aliphatic rings. The minimum Gasteiger partial charge on any atom is -0.493 e. The SMILES string of the molecule is O=C1CCC(COc2ccccc2)CN1. The van der Waals surface area contributed by atoms with Gasteiger partial charge in [0.05, 0.1) is 6.61 Å². The van der Waals surface area contributed by atoms with Crippen molar-refractivity contribution in [2.45, 2.75) is 12.8 Å².